The lowest BCUT2D eigenvalue weighted by atomic mass is 10.4. The van der Waals surface area contributed by atoms with Crippen molar-refractivity contribution in [3.8, 4) is 0 Å². The van der Waals surface area contributed by atoms with Crippen molar-refractivity contribution in [2.75, 3.05) is 5.75 Å². The van der Waals surface area contributed by atoms with Gasteiger partial charge in [0.2, 0.25) is 5.91 Å². The van der Waals surface area contributed by atoms with Gasteiger partial charge in [0.25, 0.3) is 0 Å². The van der Waals surface area contributed by atoms with Crippen LogP contribution in [0.15, 0.2) is 41.6 Å². The first-order valence-corrected chi connectivity index (χ1v) is 7.39. The molecule has 2 aromatic heterocycles. The summed E-state index contributed by atoms with van der Waals surface area (Å²) in [5.74, 6) is 0.497. The maximum Gasteiger partial charge on any atom is 0.230 e. The lowest BCUT2D eigenvalue weighted by molar-refractivity contribution is -0.118. The van der Waals surface area contributed by atoms with E-state index in [0.717, 1.165) is 4.90 Å². The first kappa shape index (κ1) is 13.1. The minimum absolute atomic E-state index is 0.0582. The van der Waals surface area contributed by atoms with Crippen molar-refractivity contribution in [1.29, 1.82) is 0 Å². The molecule has 0 aliphatic heterocycles. The Balaban J connectivity index is 1.73. The van der Waals surface area contributed by atoms with Crippen LogP contribution in [0.25, 0.3) is 0 Å². The van der Waals surface area contributed by atoms with E-state index in [1.54, 1.807) is 23.7 Å². The summed E-state index contributed by atoms with van der Waals surface area (Å²) in [4.78, 5) is 19.1. The molecule has 18 heavy (non-hydrogen) atoms. The molecular weight excluding hydrogens is 264 g/mol. The summed E-state index contributed by atoms with van der Waals surface area (Å²) in [5, 5.41) is 2.92. The zero-order chi connectivity index (χ0) is 12.8. The van der Waals surface area contributed by atoms with E-state index in [4.69, 9.17) is 0 Å². The maximum atomic E-state index is 11.7. The number of pyridine rings is 1. The number of thioether (sulfide) groups is 1. The summed E-state index contributed by atoms with van der Waals surface area (Å²) in [6.45, 7) is 2.68. The van der Waals surface area contributed by atoms with Gasteiger partial charge in [-0.2, -0.15) is 0 Å². The summed E-state index contributed by atoms with van der Waals surface area (Å²) in [7, 11) is 0. The number of nitrogens with zero attached hydrogens (tertiary/aromatic N) is 1. The molecular formula is C13H14N2OS2. The molecule has 0 aliphatic rings. The molecule has 2 heterocycles. The van der Waals surface area contributed by atoms with Gasteiger partial charge in [-0.1, -0.05) is 0 Å². The Labute approximate surface area is 115 Å². The Hall–Kier alpha value is -1.33. The molecule has 0 unspecified atom stereocenters. The van der Waals surface area contributed by atoms with E-state index < -0.39 is 0 Å². The zero-order valence-electron chi connectivity index (χ0n) is 10.1. The third-order valence-electron chi connectivity index (χ3n) is 2.28. The van der Waals surface area contributed by atoms with Crippen LogP contribution in [0.2, 0.25) is 0 Å². The normalized spacial score (nSPS) is 10.3. The SMILES string of the molecule is Cc1ccc(CNC(=O)CSc2ccncc2)s1. The number of aryl methyl sites for hydroxylation is 1. The highest BCUT2D eigenvalue weighted by atomic mass is 32.2. The molecule has 3 nitrogen and oxygen atoms in total. The van der Waals surface area contributed by atoms with E-state index in [-0.39, 0.29) is 5.91 Å². The highest BCUT2D eigenvalue weighted by Crippen LogP contribution is 2.16. The van der Waals surface area contributed by atoms with Crippen LogP contribution in [0.3, 0.4) is 0 Å². The lowest BCUT2D eigenvalue weighted by Crippen LogP contribution is -2.24. The molecule has 1 N–H and O–H groups in total. The van der Waals surface area contributed by atoms with Crippen LogP contribution in [0.4, 0.5) is 0 Å². The van der Waals surface area contributed by atoms with E-state index in [1.807, 2.05) is 12.1 Å². The van der Waals surface area contributed by atoms with Crippen LogP contribution in [-0.2, 0) is 11.3 Å². The van der Waals surface area contributed by atoms with E-state index >= 15 is 0 Å². The fourth-order valence-corrected chi connectivity index (χ4v) is 2.94. The van der Waals surface area contributed by atoms with Crippen LogP contribution < -0.4 is 5.32 Å². The van der Waals surface area contributed by atoms with Crippen molar-refractivity contribution in [2.24, 2.45) is 0 Å². The second-order valence-corrected chi connectivity index (χ2v) is 6.18. The average Bonchev–Trinajstić information content (AvgIpc) is 2.81. The van der Waals surface area contributed by atoms with E-state index in [0.29, 0.717) is 12.3 Å². The molecule has 94 valence electrons. The number of thiophene rings is 1. The maximum absolute atomic E-state index is 11.7. The predicted molar refractivity (Wildman–Crippen MR) is 75.9 cm³/mol. The second kappa shape index (κ2) is 6.56. The number of aromatic nitrogens is 1. The van der Waals surface area contributed by atoms with Gasteiger partial charge in [-0.25, -0.2) is 0 Å². The minimum atomic E-state index is 0.0582. The summed E-state index contributed by atoms with van der Waals surface area (Å²) in [6.07, 6.45) is 3.46. The Morgan fingerprint density at radius 2 is 2.11 bits per heavy atom. The number of hydrogen-bond acceptors (Lipinski definition) is 4. The first-order chi connectivity index (χ1) is 8.74. The fraction of sp³-hybridized carbons (Fsp3) is 0.231. The Morgan fingerprint density at radius 3 is 2.78 bits per heavy atom. The molecule has 0 aromatic carbocycles. The van der Waals surface area contributed by atoms with Gasteiger partial charge in [0.15, 0.2) is 0 Å². The largest absolute Gasteiger partial charge is 0.350 e. The summed E-state index contributed by atoms with van der Waals surface area (Å²) in [6, 6.07) is 7.93. The molecule has 0 saturated carbocycles. The molecule has 0 spiro atoms. The number of hydrogen-bond donors (Lipinski definition) is 1. The molecule has 0 aliphatic carbocycles. The molecule has 0 bridgehead atoms. The zero-order valence-corrected chi connectivity index (χ0v) is 11.7. The van der Waals surface area contributed by atoms with Crippen molar-refractivity contribution in [3.63, 3.8) is 0 Å². The number of rotatable bonds is 5. The van der Waals surface area contributed by atoms with Crippen molar-refractivity contribution >= 4 is 29.0 Å². The van der Waals surface area contributed by atoms with E-state index in [2.05, 4.69) is 29.4 Å². The van der Waals surface area contributed by atoms with Gasteiger partial charge in [-0.15, -0.1) is 23.1 Å². The van der Waals surface area contributed by atoms with E-state index in [1.165, 1.54) is 21.5 Å². The molecule has 0 radical (unpaired) electrons. The molecule has 2 aromatic rings. The highest BCUT2D eigenvalue weighted by molar-refractivity contribution is 8.00. The monoisotopic (exact) mass is 278 g/mol. The number of amides is 1. The van der Waals surface area contributed by atoms with Gasteiger partial charge in [0.1, 0.15) is 0 Å². The molecule has 0 saturated heterocycles. The fourth-order valence-electron chi connectivity index (χ4n) is 1.40. The van der Waals surface area contributed by atoms with Gasteiger partial charge in [-0.05, 0) is 31.2 Å². The van der Waals surface area contributed by atoms with Crippen LogP contribution >= 0.6 is 23.1 Å². The summed E-state index contributed by atoms with van der Waals surface area (Å²) >= 11 is 3.23. The topological polar surface area (TPSA) is 42.0 Å². The van der Waals surface area contributed by atoms with Gasteiger partial charge < -0.3 is 5.32 Å². The van der Waals surface area contributed by atoms with E-state index in [9.17, 15) is 4.79 Å². The predicted octanol–water partition coefficient (Wildman–Crippen LogP) is 2.86. The quantitative estimate of drug-likeness (QED) is 0.855. The van der Waals surface area contributed by atoms with Crippen molar-refractivity contribution in [2.45, 2.75) is 18.4 Å². The van der Waals surface area contributed by atoms with Crippen molar-refractivity contribution in [1.82, 2.24) is 10.3 Å². The number of carbonyl (C=O) groups is 1. The number of carbonyl (C=O) groups excluding carboxylic acids is 1. The molecule has 1 amide bonds. The standard InChI is InChI=1S/C13H14N2OS2/c1-10-2-3-12(18-10)8-15-13(16)9-17-11-4-6-14-7-5-11/h2-7H,8-9H2,1H3,(H,15,16). The van der Waals surface area contributed by atoms with Gasteiger partial charge in [0, 0.05) is 27.0 Å². The molecule has 0 fully saturated rings. The third-order valence-corrected chi connectivity index (χ3v) is 4.29. The molecule has 5 heteroatoms. The van der Waals surface area contributed by atoms with Crippen LogP contribution in [0.5, 0.6) is 0 Å². The van der Waals surface area contributed by atoms with Crippen LogP contribution in [-0.4, -0.2) is 16.6 Å². The van der Waals surface area contributed by atoms with Gasteiger partial charge >= 0.3 is 0 Å². The number of nitrogens with one attached hydrogen (secondary N) is 1. The average molecular weight is 278 g/mol. The minimum Gasteiger partial charge on any atom is -0.350 e. The molecule has 0 atom stereocenters. The Kier molecular flexibility index (Phi) is 4.78. The van der Waals surface area contributed by atoms with Gasteiger partial charge in [0.05, 0.1) is 12.3 Å². The van der Waals surface area contributed by atoms with Crippen LogP contribution in [0.1, 0.15) is 9.75 Å². The van der Waals surface area contributed by atoms with Crippen molar-refractivity contribution < 1.29 is 4.79 Å². The first-order valence-electron chi connectivity index (χ1n) is 5.59. The summed E-state index contributed by atoms with van der Waals surface area (Å²) < 4.78 is 0. The highest BCUT2D eigenvalue weighted by Gasteiger charge is 2.03. The Morgan fingerprint density at radius 1 is 1.33 bits per heavy atom. The summed E-state index contributed by atoms with van der Waals surface area (Å²) in [5.41, 5.74) is 0. The van der Waals surface area contributed by atoms with Crippen molar-refractivity contribution in [3.05, 3.63) is 46.4 Å². The smallest absolute Gasteiger partial charge is 0.230 e. The second-order valence-electron chi connectivity index (χ2n) is 3.76. The third kappa shape index (κ3) is 4.16. The van der Waals surface area contributed by atoms with Crippen LogP contribution in [0, 0.1) is 6.92 Å². The van der Waals surface area contributed by atoms with Gasteiger partial charge in [-0.3, -0.25) is 9.78 Å². The Bertz CT molecular complexity index is 511. The molecule has 2 rings (SSSR count). The lowest BCUT2D eigenvalue weighted by Gasteiger charge is -2.03.